The predicted octanol–water partition coefficient (Wildman–Crippen LogP) is 3.89. The fourth-order valence-corrected chi connectivity index (χ4v) is 5.69. The van der Waals surface area contributed by atoms with Crippen molar-refractivity contribution in [1.82, 2.24) is 24.3 Å². The molecule has 1 saturated heterocycles. The molecule has 0 unspecified atom stereocenters. The SMILES string of the molecule is C[C@@H](CCCO)Nc1ncc2c(-c3ccc(CN4CCN(C)CC4)cc3)cn([C@H]3CC[C@H](O)CC3)c2n1. The molecule has 0 radical (unpaired) electrons. The summed E-state index contributed by atoms with van der Waals surface area (Å²) in [6.45, 7) is 7.79. The molecule has 0 amide bonds. The monoisotopic (exact) mass is 506 g/mol. The van der Waals surface area contributed by atoms with Crippen LogP contribution in [-0.2, 0) is 6.54 Å². The van der Waals surface area contributed by atoms with Gasteiger partial charge in [0.15, 0.2) is 0 Å². The lowest BCUT2D eigenvalue weighted by molar-refractivity contribution is 0.111. The number of aliphatic hydroxyl groups is 2. The lowest BCUT2D eigenvalue weighted by Gasteiger charge is -2.32. The number of aliphatic hydroxyl groups excluding tert-OH is 2. The molecule has 0 bridgehead atoms. The molecular weight excluding hydrogens is 464 g/mol. The predicted molar refractivity (Wildman–Crippen MR) is 149 cm³/mol. The maximum atomic E-state index is 10.1. The summed E-state index contributed by atoms with van der Waals surface area (Å²) < 4.78 is 2.32. The number of hydrogen-bond donors (Lipinski definition) is 3. The molecule has 2 fully saturated rings. The van der Waals surface area contributed by atoms with E-state index in [2.05, 4.69) is 69.1 Å². The second-order valence-electron chi connectivity index (χ2n) is 11.0. The average molecular weight is 507 g/mol. The highest BCUT2D eigenvalue weighted by atomic mass is 16.3. The zero-order valence-corrected chi connectivity index (χ0v) is 22.3. The average Bonchev–Trinajstić information content (AvgIpc) is 3.28. The van der Waals surface area contributed by atoms with Gasteiger partial charge in [0.05, 0.1) is 6.10 Å². The van der Waals surface area contributed by atoms with Crippen LogP contribution in [0.2, 0.25) is 0 Å². The number of rotatable bonds is 9. The first-order valence-corrected chi connectivity index (χ1v) is 13.9. The van der Waals surface area contributed by atoms with E-state index in [9.17, 15) is 5.11 Å². The Bertz CT molecular complexity index is 1150. The molecule has 1 aliphatic carbocycles. The number of hydrogen-bond acceptors (Lipinski definition) is 7. The van der Waals surface area contributed by atoms with Crippen LogP contribution in [0.5, 0.6) is 0 Å². The minimum atomic E-state index is -0.190. The Labute approximate surface area is 220 Å². The summed E-state index contributed by atoms with van der Waals surface area (Å²) in [5, 5.41) is 23.7. The van der Waals surface area contributed by atoms with Crippen molar-refractivity contribution in [2.75, 3.05) is 45.2 Å². The second kappa shape index (κ2) is 11.9. The summed E-state index contributed by atoms with van der Waals surface area (Å²) in [5.74, 6) is 0.627. The van der Waals surface area contributed by atoms with Crippen LogP contribution >= 0.6 is 0 Å². The number of fused-ring (bicyclic) bond motifs is 1. The van der Waals surface area contributed by atoms with Crippen molar-refractivity contribution in [2.45, 2.75) is 70.2 Å². The topological polar surface area (TPSA) is 89.7 Å². The molecule has 37 heavy (non-hydrogen) atoms. The number of nitrogens with zero attached hydrogens (tertiary/aromatic N) is 5. The van der Waals surface area contributed by atoms with E-state index in [4.69, 9.17) is 10.1 Å². The van der Waals surface area contributed by atoms with Gasteiger partial charge < -0.3 is 25.0 Å². The first kappa shape index (κ1) is 26.1. The molecule has 1 saturated carbocycles. The van der Waals surface area contributed by atoms with Gasteiger partial charge in [-0.3, -0.25) is 4.90 Å². The Morgan fingerprint density at radius 2 is 1.78 bits per heavy atom. The minimum absolute atomic E-state index is 0.185. The largest absolute Gasteiger partial charge is 0.396 e. The third-order valence-corrected chi connectivity index (χ3v) is 8.07. The molecule has 200 valence electrons. The van der Waals surface area contributed by atoms with Crippen LogP contribution in [0.25, 0.3) is 22.2 Å². The van der Waals surface area contributed by atoms with Gasteiger partial charge in [-0.15, -0.1) is 0 Å². The van der Waals surface area contributed by atoms with E-state index in [-0.39, 0.29) is 18.8 Å². The van der Waals surface area contributed by atoms with Crippen LogP contribution in [0.3, 0.4) is 0 Å². The highest BCUT2D eigenvalue weighted by Gasteiger charge is 2.24. The number of aromatic nitrogens is 3. The van der Waals surface area contributed by atoms with Crippen LogP contribution in [0.15, 0.2) is 36.7 Å². The van der Waals surface area contributed by atoms with Crippen LogP contribution in [-0.4, -0.2) is 86.5 Å². The first-order valence-electron chi connectivity index (χ1n) is 13.9. The molecule has 5 rings (SSSR count). The molecule has 3 N–H and O–H groups in total. The van der Waals surface area contributed by atoms with E-state index in [1.54, 1.807) is 0 Å². The molecule has 0 spiro atoms. The van der Waals surface area contributed by atoms with E-state index in [1.165, 1.54) is 11.1 Å². The summed E-state index contributed by atoms with van der Waals surface area (Å²) in [6.07, 6.45) is 9.19. The van der Waals surface area contributed by atoms with Crippen LogP contribution in [0.1, 0.15) is 57.1 Å². The molecule has 2 aliphatic rings. The minimum Gasteiger partial charge on any atom is -0.396 e. The van der Waals surface area contributed by atoms with Crippen LogP contribution in [0.4, 0.5) is 5.95 Å². The van der Waals surface area contributed by atoms with E-state index in [0.29, 0.717) is 12.0 Å². The van der Waals surface area contributed by atoms with Gasteiger partial charge in [0, 0.05) is 74.8 Å². The van der Waals surface area contributed by atoms with Crippen LogP contribution < -0.4 is 5.32 Å². The van der Waals surface area contributed by atoms with Gasteiger partial charge in [0.1, 0.15) is 5.65 Å². The maximum absolute atomic E-state index is 10.1. The fourth-order valence-electron chi connectivity index (χ4n) is 5.69. The lowest BCUT2D eigenvalue weighted by Crippen LogP contribution is -2.43. The van der Waals surface area contributed by atoms with E-state index < -0.39 is 0 Å². The smallest absolute Gasteiger partial charge is 0.224 e. The van der Waals surface area contributed by atoms with Crippen LogP contribution in [0, 0.1) is 0 Å². The van der Waals surface area contributed by atoms with Gasteiger partial charge in [0.25, 0.3) is 0 Å². The Hall–Kier alpha value is -2.52. The fraction of sp³-hybridized carbons (Fsp3) is 0.586. The molecule has 1 atom stereocenters. The molecule has 3 heterocycles. The molecular formula is C29H42N6O2. The van der Waals surface area contributed by atoms with Gasteiger partial charge in [-0.25, -0.2) is 4.98 Å². The molecule has 1 aliphatic heterocycles. The van der Waals surface area contributed by atoms with E-state index in [0.717, 1.165) is 87.8 Å². The molecule has 3 aromatic rings. The third kappa shape index (κ3) is 6.32. The Kier molecular flexibility index (Phi) is 8.39. The summed E-state index contributed by atoms with van der Waals surface area (Å²) in [4.78, 5) is 14.6. The van der Waals surface area contributed by atoms with Crippen molar-refractivity contribution in [3.63, 3.8) is 0 Å². The Balaban J connectivity index is 1.41. The van der Waals surface area contributed by atoms with Crippen molar-refractivity contribution in [1.29, 1.82) is 0 Å². The lowest BCUT2D eigenvalue weighted by atomic mass is 9.93. The van der Waals surface area contributed by atoms with Crippen molar-refractivity contribution >= 4 is 17.0 Å². The molecule has 8 heteroatoms. The third-order valence-electron chi connectivity index (χ3n) is 8.07. The number of benzene rings is 1. The van der Waals surface area contributed by atoms with Gasteiger partial charge >= 0.3 is 0 Å². The number of piperazine rings is 1. The zero-order chi connectivity index (χ0) is 25.8. The standard InChI is InChI=1S/C29H42N6O2/c1-21(4-3-17-36)31-29-30-18-26-27(20-35(28(26)32-29)24-9-11-25(37)12-10-24)23-7-5-22(6-8-23)19-34-15-13-33(2)14-16-34/h5-8,18,20-21,24-25,36-37H,3-4,9-17,19H2,1-2H3,(H,30,31,32)/t21-,24-,25-/m0/s1. The van der Waals surface area contributed by atoms with Gasteiger partial charge in [-0.05, 0) is 63.6 Å². The zero-order valence-electron chi connectivity index (χ0n) is 22.3. The summed E-state index contributed by atoms with van der Waals surface area (Å²) in [5.41, 5.74) is 4.64. The second-order valence-corrected chi connectivity index (χ2v) is 11.0. The molecule has 1 aromatic carbocycles. The quantitative estimate of drug-likeness (QED) is 0.406. The van der Waals surface area contributed by atoms with E-state index >= 15 is 0 Å². The van der Waals surface area contributed by atoms with Crippen molar-refractivity contribution in [3.8, 4) is 11.1 Å². The first-order chi connectivity index (χ1) is 18.0. The summed E-state index contributed by atoms with van der Waals surface area (Å²) in [6, 6.07) is 9.49. The Morgan fingerprint density at radius 1 is 1.05 bits per heavy atom. The normalized spacial score (nSPS) is 22.4. The summed E-state index contributed by atoms with van der Waals surface area (Å²) >= 11 is 0. The van der Waals surface area contributed by atoms with E-state index in [1.807, 2.05) is 6.20 Å². The van der Waals surface area contributed by atoms with Gasteiger partial charge in [-0.1, -0.05) is 24.3 Å². The number of likely N-dealkylation sites (N-methyl/N-ethyl adjacent to an activating group) is 1. The number of nitrogens with one attached hydrogen (secondary N) is 1. The molecule has 8 nitrogen and oxygen atoms in total. The molecule has 2 aromatic heterocycles. The number of anilines is 1. The maximum Gasteiger partial charge on any atom is 0.224 e. The van der Waals surface area contributed by atoms with Crippen molar-refractivity contribution in [3.05, 3.63) is 42.2 Å². The van der Waals surface area contributed by atoms with Crippen molar-refractivity contribution < 1.29 is 10.2 Å². The highest BCUT2D eigenvalue weighted by molar-refractivity contribution is 5.94. The highest BCUT2D eigenvalue weighted by Crippen LogP contribution is 2.37. The van der Waals surface area contributed by atoms with Gasteiger partial charge in [-0.2, -0.15) is 4.98 Å². The Morgan fingerprint density at radius 3 is 2.49 bits per heavy atom. The van der Waals surface area contributed by atoms with Gasteiger partial charge in [0.2, 0.25) is 5.95 Å². The van der Waals surface area contributed by atoms with Crippen molar-refractivity contribution in [2.24, 2.45) is 0 Å². The summed E-state index contributed by atoms with van der Waals surface area (Å²) in [7, 11) is 2.19.